The summed E-state index contributed by atoms with van der Waals surface area (Å²) in [5.41, 5.74) is 8.39. The molecule has 0 bridgehead atoms. The van der Waals surface area contributed by atoms with Gasteiger partial charge in [0.15, 0.2) is 0 Å². The van der Waals surface area contributed by atoms with E-state index in [0.717, 1.165) is 23.6 Å². The van der Waals surface area contributed by atoms with E-state index in [2.05, 4.69) is 16.9 Å². The molecule has 2 unspecified atom stereocenters. The molecule has 1 heterocycles. The van der Waals surface area contributed by atoms with E-state index in [-0.39, 0.29) is 24.4 Å². The summed E-state index contributed by atoms with van der Waals surface area (Å²) >= 11 is 5.98. The third-order valence-corrected chi connectivity index (χ3v) is 4.39. The van der Waals surface area contributed by atoms with Gasteiger partial charge in [-0.05, 0) is 43.9 Å². The van der Waals surface area contributed by atoms with Crippen LogP contribution in [0.4, 0.5) is 5.69 Å². The number of hydrogen-bond donors (Lipinski definition) is 2. The Morgan fingerprint density at radius 1 is 1.33 bits per heavy atom. The van der Waals surface area contributed by atoms with Gasteiger partial charge in [0.2, 0.25) is 0 Å². The molecule has 2 rings (SSSR count). The number of rotatable bonds is 7. The van der Waals surface area contributed by atoms with Crippen molar-refractivity contribution in [1.29, 1.82) is 0 Å². The van der Waals surface area contributed by atoms with Crippen LogP contribution in [0.2, 0.25) is 5.15 Å². The van der Waals surface area contributed by atoms with Crippen molar-refractivity contribution in [3.8, 4) is 0 Å². The van der Waals surface area contributed by atoms with Crippen molar-refractivity contribution in [3.63, 3.8) is 0 Å². The van der Waals surface area contributed by atoms with Crippen LogP contribution in [0, 0.1) is 12.8 Å². The molecule has 0 saturated heterocycles. The van der Waals surface area contributed by atoms with Crippen LogP contribution in [0.15, 0.2) is 24.3 Å². The average molecular weight is 350 g/mol. The molecule has 0 aliphatic rings. The van der Waals surface area contributed by atoms with Crippen LogP contribution in [0.1, 0.15) is 37.4 Å². The van der Waals surface area contributed by atoms with Crippen molar-refractivity contribution in [1.82, 2.24) is 9.97 Å². The summed E-state index contributed by atoms with van der Waals surface area (Å²) in [4.78, 5) is 19.2. The van der Waals surface area contributed by atoms with E-state index < -0.39 is 0 Å². The van der Waals surface area contributed by atoms with E-state index >= 15 is 0 Å². The Morgan fingerprint density at radius 3 is 2.58 bits per heavy atom. The summed E-state index contributed by atoms with van der Waals surface area (Å²) in [6.07, 6.45) is 1.45. The van der Waals surface area contributed by atoms with Crippen LogP contribution in [0.3, 0.4) is 0 Å². The third-order valence-electron chi connectivity index (χ3n) is 4.08. The molecule has 130 valence electrons. The molecule has 2 aromatic rings. The lowest BCUT2D eigenvalue weighted by atomic mass is 9.96. The largest absolute Gasteiger partial charge is 0.462 e. The van der Waals surface area contributed by atoms with Gasteiger partial charge in [0.1, 0.15) is 17.1 Å². The molecule has 1 aromatic carbocycles. The number of nitrogens with two attached hydrogens (primary N) is 1. The number of anilines is 1. The van der Waals surface area contributed by atoms with Crippen molar-refractivity contribution in [2.75, 3.05) is 5.73 Å². The topological polar surface area (TPSA) is 81.0 Å². The van der Waals surface area contributed by atoms with E-state index in [1.165, 1.54) is 5.56 Å². The van der Waals surface area contributed by atoms with Gasteiger partial charge in [0.25, 0.3) is 0 Å². The molecule has 1 aromatic heterocycles. The van der Waals surface area contributed by atoms with Crippen LogP contribution in [0.5, 0.6) is 0 Å². The number of nitrogen functional groups attached to an aromatic ring is 1. The maximum atomic E-state index is 12.0. The van der Waals surface area contributed by atoms with Crippen LogP contribution >= 0.6 is 11.6 Å². The normalized spacial score (nSPS) is 13.5. The number of carbonyl (C=O) groups is 1. The minimum absolute atomic E-state index is 0.158. The average Bonchev–Trinajstić information content (AvgIpc) is 2.85. The van der Waals surface area contributed by atoms with E-state index in [1.54, 1.807) is 0 Å². The molecule has 0 saturated carbocycles. The zero-order chi connectivity index (χ0) is 17.7. The van der Waals surface area contributed by atoms with Gasteiger partial charge in [-0.1, -0.05) is 30.7 Å². The SMILES string of the molecule is Cc1nc(Cl)c(CCC(=O)OC(C)C(C)Cc2ccc(N)cc2)[nH]1. The molecule has 3 N–H and O–H groups in total. The first-order chi connectivity index (χ1) is 11.3. The number of aromatic amines is 1. The zero-order valence-electron chi connectivity index (χ0n) is 14.3. The van der Waals surface area contributed by atoms with Crippen molar-refractivity contribution < 1.29 is 9.53 Å². The van der Waals surface area contributed by atoms with Gasteiger partial charge < -0.3 is 15.5 Å². The predicted octanol–water partition coefficient (Wildman–Crippen LogP) is 3.70. The van der Waals surface area contributed by atoms with Crippen molar-refractivity contribution in [3.05, 3.63) is 46.5 Å². The maximum absolute atomic E-state index is 12.0. The molecule has 0 amide bonds. The molecule has 0 aliphatic carbocycles. The molecular weight excluding hydrogens is 326 g/mol. The molecule has 0 spiro atoms. The van der Waals surface area contributed by atoms with Crippen molar-refractivity contribution >= 4 is 23.3 Å². The van der Waals surface area contributed by atoms with E-state index in [4.69, 9.17) is 22.1 Å². The number of nitrogens with one attached hydrogen (secondary N) is 1. The first-order valence-corrected chi connectivity index (χ1v) is 8.48. The van der Waals surface area contributed by atoms with Gasteiger partial charge in [-0.2, -0.15) is 0 Å². The Morgan fingerprint density at radius 2 is 2.00 bits per heavy atom. The maximum Gasteiger partial charge on any atom is 0.306 e. The fraction of sp³-hybridized carbons (Fsp3) is 0.444. The number of aromatic nitrogens is 2. The minimum atomic E-state index is -0.227. The number of ether oxygens (including phenoxy) is 1. The first-order valence-electron chi connectivity index (χ1n) is 8.10. The lowest BCUT2D eigenvalue weighted by molar-refractivity contribution is -0.150. The van der Waals surface area contributed by atoms with Gasteiger partial charge in [-0.15, -0.1) is 0 Å². The highest BCUT2D eigenvalue weighted by atomic mass is 35.5. The number of nitrogens with zero attached hydrogens (tertiary/aromatic N) is 1. The summed E-state index contributed by atoms with van der Waals surface area (Å²) < 4.78 is 5.54. The monoisotopic (exact) mass is 349 g/mol. The Kier molecular flexibility index (Phi) is 6.26. The first kappa shape index (κ1) is 18.3. The lowest BCUT2D eigenvalue weighted by Crippen LogP contribution is -2.24. The Hall–Kier alpha value is -2.01. The molecule has 24 heavy (non-hydrogen) atoms. The summed E-state index contributed by atoms with van der Waals surface area (Å²) in [6.45, 7) is 5.82. The number of halogens is 1. The highest BCUT2D eigenvalue weighted by Gasteiger charge is 2.18. The number of benzene rings is 1. The molecule has 6 heteroatoms. The lowest BCUT2D eigenvalue weighted by Gasteiger charge is -2.20. The van der Waals surface area contributed by atoms with E-state index in [9.17, 15) is 4.79 Å². The molecule has 5 nitrogen and oxygen atoms in total. The zero-order valence-corrected chi connectivity index (χ0v) is 15.1. The van der Waals surface area contributed by atoms with Gasteiger partial charge >= 0.3 is 5.97 Å². The second-order valence-corrected chi connectivity index (χ2v) is 6.57. The molecule has 0 radical (unpaired) electrons. The van der Waals surface area contributed by atoms with E-state index in [1.807, 2.05) is 38.1 Å². The number of hydrogen-bond acceptors (Lipinski definition) is 4. The summed E-state index contributed by atoms with van der Waals surface area (Å²) in [5.74, 6) is 0.736. The number of H-pyrrole nitrogens is 1. The Bertz CT molecular complexity index is 682. The van der Waals surface area contributed by atoms with Crippen LogP contribution in [-0.2, 0) is 22.4 Å². The molecule has 0 fully saturated rings. The van der Waals surface area contributed by atoms with Crippen LogP contribution in [-0.4, -0.2) is 22.0 Å². The highest BCUT2D eigenvalue weighted by Crippen LogP contribution is 2.18. The van der Waals surface area contributed by atoms with E-state index in [0.29, 0.717) is 11.6 Å². The van der Waals surface area contributed by atoms with Crippen molar-refractivity contribution in [2.24, 2.45) is 5.92 Å². The minimum Gasteiger partial charge on any atom is -0.462 e. The summed E-state index contributed by atoms with van der Waals surface area (Å²) in [7, 11) is 0. The number of imidazole rings is 1. The fourth-order valence-corrected chi connectivity index (χ4v) is 2.75. The quantitative estimate of drug-likeness (QED) is 0.590. The predicted molar refractivity (Wildman–Crippen MR) is 95.9 cm³/mol. The second-order valence-electron chi connectivity index (χ2n) is 6.21. The van der Waals surface area contributed by atoms with Gasteiger partial charge in [-0.3, -0.25) is 4.79 Å². The van der Waals surface area contributed by atoms with Gasteiger partial charge in [-0.25, -0.2) is 4.98 Å². The van der Waals surface area contributed by atoms with Crippen molar-refractivity contribution in [2.45, 2.75) is 46.1 Å². The number of esters is 1. The number of carbonyl (C=O) groups excluding carboxylic acids is 1. The summed E-state index contributed by atoms with van der Waals surface area (Å²) in [6, 6.07) is 7.77. The molecule has 2 atom stereocenters. The van der Waals surface area contributed by atoms with Crippen LogP contribution < -0.4 is 5.73 Å². The molecule has 0 aliphatic heterocycles. The smallest absolute Gasteiger partial charge is 0.306 e. The second kappa shape index (κ2) is 8.20. The van der Waals surface area contributed by atoms with Gasteiger partial charge in [0.05, 0.1) is 12.1 Å². The fourth-order valence-electron chi connectivity index (χ4n) is 2.48. The third kappa shape index (κ3) is 5.27. The Balaban J connectivity index is 1.79. The van der Waals surface area contributed by atoms with Gasteiger partial charge in [0, 0.05) is 12.1 Å². The number of aryl methyl sites for hydroxylation is 2. The highest BCUT2D eigenvalue weighted by molar-refractivity contribution is 6.30. The summed E-state index contributed by atoms with van der Waals surface area (Å²) in [5, 5.41) is 0.421. The Labute approximate surface area is 147 Å². The standard InChI is InChI=1S/C18H24ClN3O2/c1-11(10-14-4-6-15(20)7-5-14)12(2)24-17(23)9-8-16-18(19)22-13(3)21-16/h4-7,11-12H,8-10,20H2,1-3H3,(H,21,22). The van der Waals surface area contributed by atoms with Crippen LogP contribution in [0.25, 0.3) is 0 Å². The molecular formula is C18H24ClN3O2.